The summed E-state index contributed by atoms with van der Waals surface area (Å²) < 4.78 is 0. The molecular formula is C10H11N. The molecule has 0 amide bonds. The van der Waals surface area contributed by atoms with Crippen molar-refractivity contribution in [3.05, 3.63) is 42.5 Å². The number of benzene rings is 1. The lowest BCUT2D eigenvalue weighted by molar-refractivity contribution is 1.61. The third-order valence-electron chi connectivity index (χ3n) is 1.47. The van der Waals surface area contributed by atoms with Gasteiger partial charge in [0.2, 0.25) is 0 Å². The van der Waals surface area contributed by atoms with Crippen molar-refractivity contribution in [3.63, 3.8) is 0 Å². The number of hydrogen-bond acceptors (Lipinski definition) is 1. The van der Waals surface area contributed by atoms with Gasteiger partial charge in [0.05, 0.1) is 0 Å². The van der Waals surface area contributed by atoms with Crippen LogP contribution in [0.2, 0.25) is 0 Å². The predicted octanol–water partition coefficient (Wildman–Crippen LogP) is 2.55. The average molecular weight is 145 g/mol. The van der Waals surface area contributed by atoms with Crippen LogP contribution in [0.4, 0.5) is 5.69 Å². The van der Waals surface area contributed by atoms with E-state index in [1.54, 1.807) is 12.2 Å². The first-order valence-corrected chi connectivity index (χ1v) is 3.41. The zero-order chi connectivity index (χ0) is 8.27. The number of nitrogens with two attached hydrogens (primary N) is 1. The largest absolute Gasteiger partial charge is 0.399 e. The molecule has 0 radical (unpaired) electrons. The van der Waals surface area contributed by atoms with E-state index in [4.69, 9.17) is 5.73 Å². The van der Waals surface area contributed by atoms with E-state index in [1.807, 2.05) is 18.2 Å². The molecule has 1 heteroatoms. The minimum Gasteiger partial charge on any atom is -0.399 e. The van der Waals surface area contributed by atoms with E-state index >= 15 is 0 Å². The fraction of sp³-hybridized carbons (Fsp3) is 0. The SMILES string of the molecule is C=Cc1cc(N)cc(C=C)c1. The Morgan fingerprint density at radius 1 is 1.00 bits per heavy atom. The maximum atomic E-state index is 5.62. The lowest BCUT2D eigenvalue weighted by Gasteiger charge is -1.98. The molecule has 2 N–H and O–H groups in total. The highest BCUT2D eigenvalue weighted by Crippen LogP contribution is 2.13. The average Bonchev–Trinajstić information content (AvgIpc) is 2.03. The molecular weight excluding hydrogens is 134 g/mol. The molecule has 11 heavy (non-hydrogen) atoms. The van der Waals surface area contributed by atoms with Crippen molar-refractivity contribution in [1.82, 2.24) is 0 Å². The molecule has 0 saturated carbocycles. The van der Waals surface area contributed by atoms with Gasteiger partial charge in [-0.2, -0.15) is 0 Å². The number of rotatable bonds is 2. The van der Waals surface area contributed by atoms with Crippen LogP contribution < -0.4 is 5.73 Å². The maximum absolute atomic E-state index is 5.62. The summed E-state index contributed by atoms with van der Waals surface area (Å²) in [5.41, 5.74) is 8.42. The quantitative estimate of drug-likeness (QED) is 0.636. The van der Waals surface area contributed by atoms with Crippen molar-refractivity contribution >= 4 is 17.8 Å². The second-order valence-electron chi connectivity index (χ2n) is 2.34. The summed E-state index contributed by atoms with van der Waals surface area (Å²) in [6, 6.07) is 5.73. The molecule has 1 nitrogen and oxygen atoms in total. The molecule has 1 aromatic rings. The van der Waals surface area contributed by atoms with E-state index in [1.165, 1.54) is 0 Å². The van der Waals surface area contributed by atoms with Gasteiger partial charge in [-0.15, -0.1) is 0 Å². The third kappa shape index (κ3) is 1.71. The molecule has 0 saturated heterocycles. The van der Waals surface area contributed by atoms with E-state index in [0.29, 0.717) is 0 Å². The Labute approximate surface area is 66.9 Å². The van der Waals surface area contributed by atoms with Crippen molar-refractivity contribution in [2.24, 2.45) is 0 Å². The molecule has 0 spiro atoms. The first kappa shape index (κ1) is 7.61. The lowest BCUT2D eigenvalue weighted by atomic mass is 10.1. The van der Waals surface area contributed by atoms with E-state index < -0.39 is 0 Å². The van der Waals surface area contributed by atoms with Gasteiger partial charge in [0.1, 0.15) is 0 Å². The molecule has 0 aliphatic heterocycles. The fourth-order valence-corrected chi connectivity index (χ4v) is 0.938. The molecule has 0 unspecified atom stereocenters. The topological polar surface area (TPSA) is 26.0 Å². The smallest absolute Gasteiger partial charge is 0.0326 e. The molecule has 1 aromatic carbocycles. The van der Waals surface area contributed by atoms with Crippen molar-refractivity contribution in [1.29, 1.82) is 0 Å². The van der Waals surface area contributed by atoms with E-state index in [2.05, 4.69) is 13.2 Å². The summed E-state index contributed by atoms with van der Waals surface area (Å²) in [4.78, 5) is 0. The van der Waals surface area contributed by atoms with Gasteiger partial charge in [0.15, 0.2) is 0 Å². The van der Waals surface area contributed by atoms with Crippen LogP contribution >= 0.6 is 0 Å². The molecule has 0 aromatic heterocycles. The summed E-state index contributed by atoms with van der Waals surface area (Å²) >= 11 is 0. The minimum absolute atomic E-state index is 0.748. The first-order chi connectivity index (χ1) is 5.26. The number of anilines is 1. The monoisotopic (exact) mass is 145 g/mol. The Kier molecular flexibility index (Phi) is 2.12. The summed E-state index contributed by atoms with van der Waals surface area (Å²) in [6.45, 7) is 7.32. The van der Waals surface area contributed by atoms with Gasteiger partial charge in [-0.25, -0.2) is 0 Å². The standard InChI is InChI=1S/C10H11N/c1-3-8-5-9(4-2)7-10(11)6-8/h3-7H,1-2,11H2. The van der Waals surface area contributed by atoms with E-state index in [-0.39, 0.29) is 0 Å². The van der Waals surface area contributed by atoms with Crippen LogP contribution in [-0.4, -0.2) is 0 Å². The van der Waals surface area contributed by atoms with Crippen molar-refractivity contribution in [2.75, 3.05) is 5.73 Å². The molecule has 0 heterocycles. The van der Waals surface area contributed by atoms with Crippen LogP contribution in [0.25, 0.3) is 12.2 Å². The number of hydrogen-bond donors (Lipinski definition) is 1. The van der Waals surface area contributed by atoms with Crippen molar-refractivity contribution in [3.8, 4) is 0 Å². The molecule has 0 aliphatic rings. The van der Waals surface area contributed by atoms with Crippen LogP contribution in [0.3, 0.4) is 0 Å². The predicted molar refractivity (Wildman–Crippen MR) is 51.0 cm³/mol. The van der Waals surface area contributed by atoms with Gasteiger partial charge in [-0.05, 0) is 29.3 Å². The van der Waals surface area contributed by atoms with Crippen LogP contribution in [0.1, 0.15) is 11.1 Å². The second kappa shape index (κ2) is 3.06. The highest BCUT2D eigenvalue weighted by atomic mass is 14.5. The fourth-order valence-electron chi connectivity index (χ4n) is 0.938. The Bertz CT molecular complexity index is 261. The highest BCUT2D eigenvalue weighted by molar-refractivity contribution is 5.62. The second-order valence-corrected chi connectivity index (χ2v) is 2.34. The summed E-state index contributed by atoms with van der Waals surface area (Å²) in [5.74, 6) is 0. The molecule has 1 rings (SSSR count). The van der Waals surface area contributed by atoms with E-state index in [0.717, 1.165) is 16.8 Å². The Balaban J connectivity index is 3.21. The molecule has 56 valence electrons. The van der Waals surface area contributed by atoms with Gasteiger partial charge in [-0.1, -0.05) is 25.3 Å². The summed E-state index contributed by atoms with van der Waals surface area (Å²) in [7, 11) is 0. The van der Waals surface area contributed by atoms with Gasteiger partial charge in [0.25, 0.3) is 0 Å². The third-order valence-corrected chi connectivity index (χ3v) is 1.47. The van der Waals surface area contributed by atoms with Gasteiger partial charge >= 0.3 is 0 Å². The van der Waals surface area contributed by atoms with Crippen LogP contribution in [0.15, 0.2) is 31.4 Å². The Morgan fingerprint density at radius 2 is 1.45 bits per heavy atom. The first-order valence-electron chi connectivity index (χ1n) is 3.41. The Hall–Kier alpha value is -1.50. The van der Waals surface area contributed by atoms with Crippen molar-refractivity contribution < 1.29 is 0 Å². The maximum Gasteiger partial charge on any atom is 0.0326 e. The molecule has 0 bridgehead atoms. The highest BCUT2D eigenvalue weighted by Gasteiger charge is 1.91. The lowest BCUT2D eigenvalue weighted by Crippen LogP contribution is -1.86. The van der Waals surface area contributed by atoms with E-state index in [9.17, 15) is 0 Å². The minimum atomic E-state index is 0.748. The zero-order valence-electron chi connectivity index (χ0n) is 6.38. The number of nitrogen functional groups attached to an aromatic ring is 1. The Morgan fingerprint density at radius 3 is 1.82 bits per heavy atom. The van der Waals surface area contributed by atoms with Gasteiger partial charge < -0.3 is 5.73 Å². The molecule has 0 atom stereocenters. The summed E-state index contributed by atoms with van der Waals surface area (Å²) in [6.07, 6.45) is 3.53. The van der Waals surface area contributed by atoms with Crippen molar-refractivity contribution in [2.45, 2.75) is 0 Å². The normalized spacial score (nSPS) is 9.09. The van der Waals surface area contributed by atoms with Crippen LogP contribution in [0.5, 0.6) is 0 Å². The zero-order valence-corrected chi connectivity index (χ0v) is 6.38. The molecule has 0 fully saturated rings. The molecule has 0 aliphatic carbocycles. The van der Waals surface area contributed by atoms with Gasteiger partial charge in [0, 0.05) is 5.69 Å². The summed E-state index contributed by atoms with van der Waals surface area (Å²) in [5, 5.41) is 0. The van der Waals surface area contributed by atoms with Crippen LogP contribution in [0, 0.1) is 0 Å². The van der Waals surface area contributed by atoms with Gasteiger partial charge in [-0.3, -0.25) is 0 Å². The van der Waals surface area contributed by atoms with Crippen LogP contribution in [-0.2, 0) is 0 Å².